The zero-order valence-corrected chi connectivity index (χ0v) is 9.56. The van der Waals surface area contributed by atoms with Gasteiger partial charge in [0, 0.05) is 19.1 Å². The molecule has 82 valence electrons. The summed E-state index contributed by atoms with van der Waals surface area (Å²) in [6, 6.07) is 0.903. The van der Waals surface area contributed by atoms with Crippen LogP contribution in [0.25, 0.3) is 0 Å². The Morgan fingerprint density at radius 2 is 2.00 bits per heavy atom. The van der Waals surface area contributed by atoms with Crippen LogP contribution in [0.5, 0.6) is 0 Å². The summed E-state index contributed by atoms with van der Waals surface area (Å²) >= 11 is 0. The molecule has 1 saturated carbocycles. The Bertz CT molecular complexity index is 194. The second kappa shape index (κ2) is 4.38. The summed E-state index contributed by atoms with van der Waals surface area (Å²) in [6.07, 6.45) is 5.94. The van der Waals surface area contributed by atoms with Crippen LogP contribution in [0.15, 0.2) is 0 Å². The average molecular weight is 217 g/mol. The van der Waals surface area contributed by atoms with Crippen molar-refractivity contribution in [3.05, 3.63) is 0 Å². The maximum absolute atomic E-state index is 3.52. The lowest BCUT2D eigenvalue weighted by Gasteiger charge is -2.32. The van der Waals surface area contributed by atoms with E-state index in [0.717, 1.165) is 17.9 Å². The maximum Gasteiger partial charge on any atom is 0.0261 e. The predicted octanol–water partition coefficient (Wildman–Crippen LogP) is 1.50. The zero-order valence-electron chi connectivity index (χ0n) is 8.74. The first-order valence-electron chi connectivity index (χ1n) is 5.88. The van der Waals surface area contributed by atoms with E-state index in [4.69, 9.17) is 0 Å². The van der Waals surface area contributed by atoms with Gasteiger partial charge in [0.1, 0.15) is 0 Å². The molecule has 3 fully saturated rings. The number of hydrogen-bond donors (Lipinski definition) is 1. The van der Waals surface area contributed by atoms with Crippen LogP contribution in [0, 0.1) is 11.8 Å². The molecule has 2 saturated heterocycles. The van der Waals surface area contributed by atoms with Gasteiger partial charge >= 0.3 is 0 Å². The fourth-order valence-electron chi connectivity index (χ4n) is 3.17. The summed E-state index contributed by atoms with van der Waals surface area (Å²) in [5.41, 5.74) is 0. The molecule has 0 unspecified atom stereocenters. The smallest absolute Gasteiger partial charge is 0.0261 e. The first-order chi connectivity index (χ1) is 6.43. The minimum absolute atomic E-state index is 0. The summed E-state index contributed by atoms with van der Waals surface area (Å²) in [7, 11) is 0. The number of halogens is 1. The molecule has 2 atom stereocenters. The zero-order chi connectivity index (χ0) is 8.67. The van der Waals surface area contributed by atoms with Gasteiger partial charge < -0.3 is 5.32 Å². The molecule has 1 aliphatic carbocycles. The van der Waals surface area contributed by atoms with Gasteiger partial charge in [-0.2, -0.15) is 0 Å². The van der Waals surface area contributed by atoms with E-state index in [1.165, 1.54) is 51.9 Å². The van der Waals surface area contributed by atoms with Crippen molar-refractivity contribution in [2.75, 3.05) is 26.2 Å². The van der Waals surface area contributed by atoms with Gasteiger partial charge in [0.15, 0.2) is 0 Å². The molecule has 14 heavy (non-hydrogen) atoms. The highest BCUT2D eigenvalue weighted by atomic mass is 35.5. The molecule has 0 aromatic rings. The van der Waals surface area contributed by atoms with Gasteiger partial charge in [-0.1, -0.05) is 6.42 Å². The summed E-state index contributed by atoms with van der Waals surface area (Å²) in [4.78, 5) is 2.76. The van der Waals surface area contributed by atoms with E-state index in [1.54, 1.807) is 0 Å². The first kappa shape index (κ1) is 10.7. The average Bonchev–Trinajstić information content (AvgIpc) is 2.58. The van der Waals surface area contributed by atoms with Crippen LogP contribution in [0.3, 0.4) is 0 Å². The molecule has 2 heterocycles. The molecule has 3 aliphatic rings. The van der Waals surface area contributed by atoms with Gasteiger partial charge in [-0.25, -0.2) is 0 Å². The minimum Gasteiger partial charge on any atom is -0.315 e. The van der Waals surface area contributed by atoms with Crippen LogP contribution >= 0.6 is 12.4 Å². The highest BCUT2D eigenvalue weighted by molar-refractivity contribution is 5.85. The molecule has 0 aromatic heterocycles. The summed E-state index contributed by atoms with van der Waals surface area (Å²) < 4.78 is 0. The van der Waals surface area contributed by atoms with E-state index in [0.29, 0.717) is 0 Å². The predicted molar refractivity (Wildman–Crippen MR) is 60.9 cm³/mol. The monoisotopic (exact) mass is 216 g/mol. The molecule has 2 aliphatic heterocycles. The molecule has 0 spiro atoms. The van der Waals surface area contributed by atoms with Crippen LogP contribution in [0.2, 0.25) is 0 Å². The van der Waals surface area contributed by atoms with E-state index in [1.807, 2.05) is 0 Å². The van der Waals surface area contributed by atoms with Crippen molar-refractivity contribution in [1.82, 2.24) is 10.2 Å². The van der Waals surface area contributed by atoms with Crippen molar-refractivity contribution in [2.24, 2.45) is 11.8 Å². The SMILES string of the molecule is C1CC(CN2CC[C@H]3CNC[C@H]32)C1.Cl. The third-order valence-corrected chi connectivity index (χ3v) is 4.28. The third-order valence-electron chi connectivity index (χ3n) is 4.28. The van der Waals surface area contributed by atoms with Gasteiger partial charge in [-0.05, 0) is 44.2 Å². The largest absolute Gasteiger partial charge is 0.315 e. The van der Waals surface area contributed by atoms with E-state index < -0.39 is 0 Å². The molecule has 3 heteroatoms. The Balaban J connectivity index is 0.000000750. The summed E-state index contributed by atoms with van der Waals surface area (Å²) in [5, 5.41) is 3.52. The molecule has 2 nitrogen and oxygen atoms in total. The topological polar surface area (TPSA) is 15.3 Å². The van der Waals surface area contributed by atoms with Gasteiger partial charge in [-0.15, -0.1) is 12.4 Å². The van der Waals surface area contributed by atoms with E-state index in [9.17, 15) is 0 Å². The van der Waals surface area contributed by atoms with Crippen molar-refractivity contribution in [3.63, 3.8) is 0 Å². The van der Waals surface area contributed by atoms with Crippen molar-refractivity contribution in [1.29, 1.82) is 0 Å². The van der Waals surface area contributed by atoms with Crippen LogP contribution in [0.4, 0.5) is 0 Å². The Hall–Kier alpha value is 0.210. The normalized spacial score (nSPS) is 37.7. The summed E-state index contributed by atoms with van der Waals surface area (Å²) in [5.74, 6) is 2.04. The molecule has 1 N–H and O–H groups in total. The van der Waals surface area contributed by atoms with Crippen LogP contribution in [0.1, 0.15) is 25.7 Å². The third kappa shape index (κ3) is 1.80. The second-order valence-electron chi connectivity index (χ2n) is 5.07. The Morgan fingerprint density at radius 3 is 2.71 bits per heavy atom. The number of rotatable bonds is 2. The Morgan fingerprint density at radius 1 is 1.14 bits per heavy atom. The number of likely N-dealkylation sites (tertiary alicyclic amines) is 1. The Kier molecular flexibility index (Phi) is 3.35. The van der Waals surface area contributed by atoms with Crippen LogP contribution in [-0.2, 0) is 0 Å². The van der Waals surface area contributed by atoms with Crippen LogP contribution in [-0.4, -0.2) is 37.1 Å². The second-order valence-corrected chi connectivity index (χ2v) is 5.07. The minimum atomic E-state index is 0. The van der Waals surface area contributed by atoms with Gasteiger partial charge in [0.2, 0.25) is 0 Å². The highest BCUT2D eigenvalue weighted by Crippen LogP contribution is 2.32. The van der Waals surface area contributed by atoms with E-state index >= 15 is 0 Å². The maximum atomic E-state index is 3.52. The van der Waals surface area contributed by atoms with Crippen molar-refractivity contribution in [2.45, 2.75) is 31.7 Å². The lowest BCUT2D eigenvalue weighted by Crippen LogP contribution is -2.39. The molecule has 0 bridgehead atoms. The number of hydrogen-bond acceptors (Lipinski definition) is 2. The lowest BCUT2D eigenvalue weighted by atomic mass is 9.85. The van der Waals surface area contributed by atoms with Gasteiger partial charge in [-0.3, -0.25) is 4.90 Å². The van der Waals surface area contributed by atoms with Crippen LogP contribution < -0.4 is 5.32 Å². The quantitative estimate of drug-likeness (QED) is 0.753. The molecular formula is C11H21ClN2. The fraction of sp³-hybridized carbons (Fsp3) is 1.00. The number of nitrogens with zero attached hydrogens (tertiary/aromatic N) is 1. The van der Waals surface area contributed by atoms with Crippen molar-refractivity contribution in [3.8, 4) is 0 Å². The highest BCUT2D eigenvalue weighted by Gasteiger charge is 2.38. The Labute approximate surface area is 92.8 Å². The number of nitrogens with one attached hydrogen (secondary N) is 1. The van der Waals surface area contributed by atoms with Crippen molar-refractivity contribution >= 4 is 12.4 Å². The van der Waals surface area contributed by atoms with Gasteiger partial charge in [0.05, 0.1) is 0 Å². The number of fused-ring (bicyclic) bond motifs is 1. The lowest BCUT2D eigenvalue weighted by molar-refractivity contribution is 0.166. The van der Waals surface area contributed by atoms with Gasteiger partial charge in [0.25, 0.3) is 0 Å². The molecule has 0 amide bonds. The standard InChI is InChI=1S/C11H20N2.ClH/c1-2-9(3-1)8-13-5-4-10-6-12-7-11(10)13;/h9-12H,1-8H2;1H/t10-,11+;/m0./s1. The fourth-order valence-corrected chi connectivity index (χ4v) is 3.17. The van der Waals surface area contributed by atoms with E-state index in [-0.39, 0.29) is 12.4 Å². The van der Waals surface area contributed by atoms with Crippen molar-refractivity contribution < 1.29 is 0 Å². The van der Waals surface area contributed by atoms with E-state index in [2.05, 4.69) is 10.2 Å². The molecule has 3 rings (SSSR count). The molecular weight excluding hydrogens is 196 g/mol. The first-order valence-corrected chi connectivity index (χ1v) is 5.88. The molecule has 0 radical (unpaired) electrons. The summed E-state index contributed by atoms with van der Waals surface area (Å²) in [6.45, 7) is 5.33. The molecule has 0 aromatic carbocycles.